The number of nitrogens with zero attached hydrogens (tertiary/aromatic N) is 4. The molecule has 3 heterocycles. The summed E-state index contributed by atoms with van der Waals surface area (Å²) in [4.78, 5) is 15.5. The van der Waals surface area contributed by atoms with Gasteiger partial charge in [0.2, 0.25) is 0 Å². The normalized spacial score (nSPS) is 11.5. The van der Waals surface area contributed by atoms with E-state index in [0.29, 0.717) is 17.5 Å². The van der Waals surface area contributed by atoms with Gasteiger partial charge in [-0.05, 0) is 58.1 Å². The van der Waals surface area contributed by atoms with Crippen LogP contribution in [-0.4, -0.2) is 19.5 Å². The highest BCUT2D eigenvalue weighted by atomic mass is 32.1. The van der Waals surface area contributed by atoms with Crippen molar-refractivity contribution in [3.63, 3.8) is 0 Å². The van der Waals surface area contributed by atoms with Gasteiger partial charge in [0.1, 0.15) is 0 Å². The Morgan fingerprint density at radius 3 is 1.52 bits per heavy atom. The highest BCUT2D eigenvalue weighted by Crippen LogP contribution is 2.41. The number of aromatic nitrogens is 4. The first kappa shape index (κ1) is 35.9. The van der Waals surface area contributed by atoms with Crippen molar-refractivity contribution in [2.24, 2.45) is 0 Å². The van der Waals surface area contributed by atoms with Crippen LogP contribution in [0.1, 0.15) is 0 Å². The molecule has 0 aliphatic rings. The molecule has 5 heteroatoms. The Hall–Kier alpha value is -7.99. The lowest BCUT2D eigenvalue weighted by molar-refractivity contribution is 1.07. The van der Waals surface area contributed by atoms with Gasteiger partial charge >= 0.3 is 0 Å². The van der Waals surface area contributed by atoms with Gasteiger partial charge in [-0.25, -0.2) is 15.0 Å². The standard InChI is InChI=1S/C57H36N4S/c1-3-15-38(16-4-1)44-34-33-43(36-52(44)61-50-26-10-7-21-46(50)47-22-8-11-27-51(47)61)57-59-55(39-17-5-2-6-18-39)58-56(60-57)40-31-29-37(30-32-40)41-19-13-20-42(35-41)45-24-14-25-49-48-23-9-12-28-53(48)62-54(45)49/h1-36H. The average molecular weight is 809 g/mol. The van der Waals surface area contributed by atoms with Crippen LogP contribution in [0, 0.1) is 0 Å². The largest absolute Gasteiger partial charge is 0.309 e. The zero-order valence-electron chi connectivity index (χ0n) is 33.5. The van der Waals surface area contributed by atoms with Crippen LogP contribution >= 0.6 is 11.3 Å². The van der Waals surface area contributed by atoms with Crippen molar-refractivity contribution in [1.82, 2.24) is 19.5 Å². The van der Waals surface area contributed by atoms with Gasteiger partial charge in [-0.15, -0.1) is 11.3 Å². The molecular formula is C57H36N4S. The van der Waals surface area contributed by atoms with Crippen LogP contribution in [0.15, 0.2) is 218 Å². The van der Waals surface area contributed by atoms with Gasteiger partial charge in [0.05, 0.1) is 16.7 Å². The highest BCUT2D eigenvalue weighted by molar-refractivity contribution is 7.26. The Kier molecular flexibility index (Phi) is 8.65. The van der Waals surface area contributed by atoms with Crippen molar-refractivity contribution >= 4 is 53.3 Å². The number of hydrogen-bond acceptors (Lipinski definition) is 4. The first-order valence-corrected chi connectivity index (χ1v) is 21.7. The summed E-state index contributed by atoms with van der Waals surface area (Å²) >= 11 is 1.86. The molecule has 4 nitrogen and oxygen atoms in total. The Morgan fingerprint density at radius 2 is 0.806 bits per heavy atom. The molecule has 0 aliphatic heterocycles. The van der Waals surface area contributed by atoms with E-state index in [2.05, 4.69) is 205 Å². The molecule has 290 valence electrons. The van der Waals surface area contributed by atoms with Gasteiger partial charge in [-0.1, -0.05) is 188 Å². The van der Waals surface area contributed by atoms with Crippen LogP contribution < -0.4 is 0 Å². The fourth-order valence-electron chi connectivity index (χ4n) is 8.90. The second-order valence-corrected chi connectivity index (χ2v) is 16.6. The summed E-state index contributed by atoms with van der Waals surface area (Å²) in [6.45, 7) is 0. The maximum Gasteiger partial charge on any atom is 0.164 e. The minimum Gasteiger partial charge on any atom is -0.309 e. The smallest absolute Gasteiger partial charge is 0.164 e. The Labute approximate surface area is 362 Å². The molecule has 62 heavy (non-hydrogen) atoms. The van der Waals surface area contributed by atoms with Crippen molar-refractivity contribution < 1.29 is 0 Å². The van der Waals surface area contributed by atoms with Gasteiger partial charge in [0.15, 0.2) is 17.5 Å². The fourth-order valence-corrected chi connectivity index (χ4v) is 10.1. The van der Waals surface area contributed by atoms with E-state index in [0.717, 1.165) is 55.7 Å². The molecule has 0 N–H and O–H groups in total. The molecule has 3 aromatic heterocycles. The number of fused-ring (bicyclic) bond motifs is 6. The number of para-hydroxylation sites is 2. The molecule has 0 spiro atoms. The van der Waals surface area contributed by atoms with Crippen LogP contribution in [0.5, 0.6) is 0 Å². The quantitative estimate of drug-likeness (QED) is 0.161. The van der Waals surface area contributed by atoms with Crippen LogP contribution in [0.2, 0.25) is 0 Å². The van der Waals surface area contributed by atoms with E-state index in [9.17, 15) is 0 Å². The zero-order valence-corrected chi connectivity index (χ0v) is 34.3. The maximum absolute atomic E-state index is 5.22. The second kappa shape index (κ2) is 14.9. The van der Waals surface area contributed by atoms with E-state index in [4.69, 9.17) is 15.0 Å². The predicted molar refractivity (Wildman–Crippen MR) is 260 cm³/mol. The van der Waals surface area contributed by atoms with E-state index in [-0.39, 0.29) is 0 Å². The van der Waals surface area contributed by atoms with Crippen LogP contribution in [0.3, 0.4) is 0 Å². The van der Waals surface area contributed by atoms with Gasteiger partial charge in [0.25, 0.3) is 0 Å². The van der Waals surface area contributed by atoms with Crippen LogP contribution in [0.4, 0.5) is 0 Å². The first-order valence-electron chi connectivity index (χ1n) is 20.8. The Balaban J connectivity index is 0.973. The summed E-state index contributed by atoms with van der Waals surface area (Å²) < 4.78 is 5.01. The molecule has 0 radical (unpaired) electrons. The molecule has 0 amide bonds. The van der Waals surface area contributed by atoms with Crippen molar-refractivity contribution in [1.29, 1.82) is 0 Å². The minimum absolute atomic E-state index is 0.614. The third-order valence-electron chi connectivity index (χ3n) is 11.9. The third kappa shape index (κ3) is 6.18. The molecule has 0 saturated carbocycles. The second-order valence-electron chi connectivity index (χ2n) is 15.6. The van der Waals surface area contributed by atoms with E-state index in [1.165, 1.54) is 42.1 Å². The van der Waals surface area contributed by atoms with Crippen molar-refractivity contribution in [2.75, 3.05) is 0 Å². The fraction of sp³-hybridized carbons (Fsp3) is 0. The molecule has 0 bridgehead atoms. The van der Waals surface area contributed by atoms with E-state index >= 15 is 0 Å². The summed E-state index contributed by atoms with van der Waals surface area (Å²) in [7, 11) is 0. The van der Waals surface area contributed by atoms with E-state index < -0.39 is 0 Å². The lowest BCUT2D eigenvalue weighted by Gasteiger charge is -2.16. The number of thiophene rings is 1. The molecule has 0 unspecified atom stereocenters. The topological polar surface area (TPSA) is 43.6 Å². The summed E-state index contributed by atoms with van der Waals surface area (Å²) in [5.74, 6) is 1.86. The molecule has 0 saturated heterocycles. The van der Waals surface area contributed by atoms with Gasteiger partial charge < -0.3 is 4.57 Å². The van der Waals surface area contributed by atoms with Gasteiger partial charge in [-0.3, -0.25) is 0 Å². The van der Waals surface area contributed by atoms with Crippen LogP contribution in [0.25, 0.3) is 115 Å². The molecule has 12 aromatic rings. The molecule has 0 fully saturated rings. The lowest BCUT2D eigenvalue weighted by atomic mass is 9.97. The van der Waals surface area contributed by atoms with Gasteiger partial charge in [-0.2, -0.15) is 0 Å². The maximum atomic E-state index is 5.22. The van der Waals surface area contributed by atoms with Crippen molar-refractivity contribution in [3.05, 3.63) is 218 Å². The molecule has 9 aromatic carbocycles. The number of hydrogen-bond donors (Lipinski definition) is 0. The van der Waals surface area contributed by atoms with Crippen molar-refractivity contribution in [3.8, 4) is 73.2 Å². The van der Waals surface area contributed by atoms with E-state index in [1.807, 2.05) is 29.5 Å². The SMILES string of the molecule is c1ccc(-c2nc(-c3ccc(-c4cccc(-c5cccc6c5sc5ccccc56)c4)cc3)nc(-c3ccc(-c4ccccc4)c(-n4c5ccccc5c5ccccc54)c3)n2)cc1. The van der Waals surface area contributed by atoms with E-state index in [1.54, 1.807) is 0 Å². The number of rotatable bonds is 7. The zero-order chi connectivity index (χ0) is 41.0. The summed E-state index contributed by atoms with van der Waals surface area (Å²) in [5.41, 5.74) is 13.1. The molecule has 0 atom stereocenters. The highest BCUT2D eigenvalue weighted by Gasteiger charge is 2.19. The molecule has 12 rings (SSSR count). The minimum atomic E-state index is 0.614. The Bertz CT molecular complexity index is 3570. The molecular weight excluding hydrogens is 773 g/mol. The third-order valence-corrected chi connectivity index (χ3v) is 13.1. The lowest BCUT2D eigenvalue weighted by Crippen LogP contribution is -2.02. The first-order chi connectivity index (χ1) is 30.7. The molecule has 0 aliphatic carbocycles. The Morgan fingerprint density at radius 1 is 0.306 bits per heavy atom. The summed E-state index contributed by atoms with van der Waals surface area (Å²) in [5, 5.41) is 5.04. The predicted octanol–water partition coefficient (Wildman–Crippen LogP) is 15.3. The van der Waals surface area contributed by atoms with Crippen LogP contribution in [-0.2, 0) is 0 Å². The monoisotopic (exact) mass is 808 g/mol. The van der Waals surface area contributed by atoms with Crippen molar-refractivity contribution in [2.45, 2.75) is 0 Å². The average Bonchev–Trinajstić information content (AvgIpc) is 3.90. The summed E-state index contributed by atoms with van der Waals surface area (Å²) in [6.07, 6.45) is 0. The summed E-state index contributed by atoms with van der Waals surface area (Å²) in [6, 6.07) is 77.5. The number of benzene rings is 9. The van der Waals surface area contributed by atoms with Gasteiger partial charge in [0, 0.05) is 53.2 Å².